The number of nitrogens with one attached hydrogen (secondary N) is 1. The molecule has 1 atom stereocenters. The van der Waals surface area contributed by atoms with Crippen molar-refractivity contribution >= 4 is 11.7 Å². The van der Waals surface area contributed by atoms with Gasteiger partial charge in [0.05, 0.1) is 7.11 Å². The first kappa shape index (κ1) is 24.7. The molecular formula is C22H31N5O5. The van der Waals surface area contributed by atoms with Crippen LogP contribution in [-0.2, 0) is 22.6 Å². The van der Waals surface area contributed by atoms with Gasteiger partial charge in [0, 0.05) is 18.8 Å². The Morgan fingerprint density at radius 3 is 2.53 bits per heavy atom. The molecule has 1 amide bonds. The van der Waals surface area contributed by atoms with Crippen molar-refractivity contribution in [2.45, 2.75) is 52.7 Å². The summed E-state index contributed by atoms with van der Waals surface area (Å²) in [6.07, 6.45) is 1.80. The van der Waals surface area contributed by atoms with Gasteiger partial charge in [0.25, 0.3) is 5.56 Å². The molecule has 0 radical (unpaired) electrons. The molecule has 174 valence electrons. The number of hydrogen-bond donors (Lipinski definition) is 2. The summed E-state index contributed by atoms with van der Waals surface area (Å²) in [7, 11) is 1.57. The van der Waals surface area contributed by atoms with Crippen LogP contribution in [0.3, 0.4) is 0 Å². The molecule has 2 aromatic rings. The van der Waals surface area contributed by atoms with Crippen molar-refractivity contribution in [1.82, 2.24) is 14.5 Å². The van der Waals surface area contributed by atoms with Crippen LogP contribution in [0, 0.1) is 0 Å². The molecule has 0 bridgehead atoms. The summed E-state index contributed by atoms with van der Waals surface area (Å²) in [6.45, 7) is 7.29. The number of carbonyl (C=O) groups excluding carboxylic acids is 1. The van der Waals surface area contributed by atoms with Gasteiger partial charge in [-0.1, -0.05) is 23.4 Å². The lowest BCUT2D eigenvalue weighted by Gasteiger charge is -2.19. The van der Waals surface area contributed by atoms with Gasteiger partial charge < -0.3 is 20.6 Å². The standard InChI is InChI=1S/C22H31N5O5/c1-6-32-25-19(23)17-13-26(12-11-16-9-7-8-10-18(16)31-5)22(30)27(21(17)29)15(4)20(28)24-14(2)3/h7-10,13-15H,6,11-12H2,1-5H3,(H2,23,25)(H,24,28). The highest BCUT2D eigenvalue weighted by Crippen LogP contribution is 2.18. The third-order valence-corrected chi connectivity index (χ3v) is 4.77. The maximum Gasteiger partial charge on any atom is 0.331 e. The quantitative estimate of drug-likeness (QED) is 0.319. The monoisotopic (exact) mass is 445 g/mol. The zero-order valence-electron chi connectivity index (χ0n) is 19.1. The van der Waals surface area contributed by atoms with Crippen LogP contribution >= 0.6 is 0 Å². The lowest BCUT2D eigenvalue weighted by Crippen LogP contribution is -2.49. The SMILES string of the molecule is CCO/N=C(\N)c1cn(CCc2ccccc2OC)c(=O)n(C(C)C(=O)NC(C)C)c1=O. The molecule has 0 saturated carbocycles. The number of benzene rings is 1. The number of oxime groups is 1. The van der Waals surface area contributed by atoms with E-state index >= 15 is 0 Å². The van der Waals surface area contributed by atoms with Gasteiger partial charge in [0.1, 0.15) is 24.0 Å². The van der Waals surface area contributed by atoms with Crippen molar-refractivity contribution in [3.8, 4) is 5.75 Å². The van der Waals surface area contributed by atoms with E-state index in [1.807, 2.05) is 24.3 Å². The van der Waals surface area contributed by atoms with Gasteiger partial charge in [-0.3, -0.25) is 14.2 Å². The Labute approximate surface area is 186 Å². The molecule has 3 N–H and O–H groups in total. The third kappa shape index (κ3) is 5.77. The number of rotatable bonds is 10. The lowest BCUT2D eigenvalue weighted by atomic mass is 10.1. The highest BCUT2D eigenvalue weighted by molar-refractivity contribution is 5.96. The van der Waals surface area contributed by atoms with Crippen LogP contribution in [0.15, 0.2) is 45.2 Å². The average molecular weight is 446 g/mol. The lowest BCUT2D eigenvalue weighted by molar-refractivity contribution is -0.124. The fourth-order valence-corrected chi connectivity index (χ4v) is 3.15. The molecule has 1 unspecified atom stereocenters. The van der Waals surface area contributed by atoms with Gasteiger partial charge in [-0.2, -0.15) is 0 Å². The third-order valence-electron chi connectivity index (χ3n) is 4.77. The van der Waals surface area contributed by atoms with E-state index < -0.39 is 23.2 Å². The van der Waals surface area contributed by atoms with Crippen molar-refractivity contribution in [2.75, 3.05) is 13.7 Å². The normalized spacial score (nSPS) is 12.5. The smallest absolute Gasteiger partial charge is 0.331 e. The summed E-state index contributed by atoms with van der Waals surface area (Å²) in [4.78, 5) is 43.8. The van der Waals surface area contributed by atoms with Crippen molar-refractivity contribution in [1.29, 1.82) is 0 Å². The number of nitrogens with zero attached hydrogens (tertiary/aromatic N) is 3. The summed E-state index contributed by atoms with van der Waals surface area (Å²) in [6, 6.07) is 6.25. The molecule has 0 spiro atoms. The number of ether oxygens (including phenoxy) is 1. The summed E-state index contributed by atoms with van der Waals surface area (Å²) < 4.78 is 7.60. The molecule has 10 nitrogen and oxygen atoms in total. The van der Waals surface area contributed by atoms with E-state index in [0.717, 1.165) is 10.1 Å². The van der Waals surface area contributed by atoms with E-state index in [1.165, 1.54) is 17.7 Å². The molecule has 0 aliphatic carbocycles. The summed E-state index contributed by atoms with van der Waals surface area (Å²) >= 11 is 0. The predicted molar refractivity (Wildman–Crippen MR) is 122 cm³/mol. The molecule has 10 heteroatoms. The van der Waals surface area contributed by atoms with Gasteiger partial charge in [-0.05, 0) is 45.7 Å². The molecule has 1 aromatic carbocycles. The number of amidine groups is 1. The maximum absolute atomic E-state index is 13.2. The number of carbonyl (C=O) groups is 1. The van der Waals surface area contributed by atoms with Gasteiger partial charge in [-0.25, -0.2) is 9.36 Å². The molecule has 0 aliphatic heterocycles. The fraction of sp³-hybridized carbons (Fsp3) is 0.455. The highest BCUT2D eigenvalue weighted by atomic mass is 16.6. The van der Waals surface area contributed by atoms with E-state index in [9.17, 15) is 14.4 Å². The van der Waals surface area contributed by atoms with Gasteiger partial charge >= 0.3 is 5.69 Å². The largest absolute Gasteiger partial charge is 0.496 e. The summed E-state index contributed by atoms with van der Waals surface area (Å²) in [5.74, 6) is 0.0669. The molecule has 0 saturated heterocycles. The van der Waals surface area contributed by atoms with Gasteiger partial charge in [0.2, 0.25) is 5.91 Å². The Bertz CT molecular complexity index is 1090. The van der Waals surface area contributed by atoms with E-state index in [0.29, 0.717) is 12.2 Å². The number of para-hydroxylation sites is 1. The van der Waals surface area contributed by atoms with Crippen LogP contribution in [0.25, 0.3) is 0 Å². The fourth-order valence-electron chi connectivity index (χ4n) is 3.15. The number of methoxy groups -OCH3 is 1. The molecule has 0 aliphatic rings. The van der Waals surface area contributed by atoms with E-state index in [4.69, 9.17) is 15.3 Å². The van der Waals surface area contributed by atoms with E-state index in [2.05, 4.69) is 10.5 Å². The van der Waals surface area contributed by atoms with Crippen LogP contribution in [-0.4, -0.2) is 40.6 Å². The first-order chi connectivity index (χ1) is 15.2. The second kappa shape index (κ2) is 11.2. The molecule has 1 aromatic heterocycles. The zero-order chi connectivity index (χ0) is 23.8. The number of nitrogens with two attached hydrogens (primary N) is 1. The number of amides is 1. The van der Waals surface area contributed by atoms with Crippen molar-refractivity contribution in [3.63, 3.8) is 0 Å². The molecular weight excluding hydrogens is 414 g/mol. The number of hydrogen-bond acceptors (Lipinski definition) is 6. The predicted octanol–water partition coefficient (Wildman–Crippen LogP) is 1.00. The Hall–Kier alpha value is -3.56. The van der Waals surface area contributed by atoms with Crippen molar-refractivity contribution < 1.29 is 14.4 Å². The first-order valence-electron chi connectivity index (χ1n) is 10.4. The van der Waals surface area contributed by atoms with Gasteiger partial charge in [0.15, 0.2) is 5.84 Å². The highest BCUT2D eigenvalue weighted by Gasteiger charge is 2.24. The Morgan fingerprint density at radius 2 is 1.91 bits per heavy atom. The first-order valence-corrected chi connectivity index (χ1v) is 10.4. The number of aryl methyl sites for hydroxylation is 2. The van der Waals surface area contributed by atoms with Crippen LogP contribution in [0.4, 0.5) is 0 Å². The zero-order valence-corrected chi connectivity index (χ0v) is 19.1. The van der Waals surface area contributed by atoms with Crippen LogP contribution < -0.4 is 27.0 Å². The second-order valence-corrected chi connectivity index (χ2v) is 7.49. The topological polar surface area (TPSA) is 130 Å². The van der Waals surface area contributed by atoms with E-state index in [-0.39, 0.29) is 30.6 Å². The van der Waals surface area contributed by atoms with Crippen LogP contribution in [0.2, 0.25) is 0 Å². The molecule has 2 rings (SSSR count). The minimum Gasteiger partial charge on any atom is -0.496 e. The Balaban J connectivity index is 2.56. The van der Waals surface area contributed by atoms with E-state index in [1.54, 1.807) is 27.9 Å². The van der Waals surface area contributed by atoms with Crippen molar-refractivity contribution in [2.24, 2.45) is 10.9 Å². The molecule has 32 heavy (non-hydrogen) atoms. The van der Waals surface area contributed by atoms with Gasteiger partial charge in [-0.15, -0.1) is 0 Å². The van der Waals surface area contributed by atoms with Crippen LogP contribution in [0.1, 0.15) is 44.9 Å². The summed E-state index contributed by atoms with van der Waals surface area (Å²) in [5, 5.41) is 6.45. The van der Waals surface area contributed by atoms with Crippen molar-refractivity contribution in [3.05, 3.63) is 62.4 Å². The minimum absolute atomic E-state index is 0.0257. The minimum atomic E-state index is -1.05. The Morgan fingerprint density at radius 1 is 1.22 bits per heavy atom. The molecule has 0 fully saturated rings. The summed E-state index contributed by atoms with van der Waals surface area (Å²) in [5.41, 5.74) is 5.49. The number of aromatic nitrogens is 2. The molecule has 1 heterocycles. The Kier molecular flexibility index (Phi) is 8.62. The maximum atomic E-state index is 13.2. The van der Waals surface area contributed by atoms with Crippen LogP contribution in [0.5, 0.6) is 5.75 Å². The second-order valence-electron chi connectivity index (χ2n) is 7.49. The average Bonchev–Trinajstić information content (AvgIpc) is 2.76.